The fourth-order valence-electron chi connectivity index (χ4n) is 1.75. The van der Waals surface area contributed by atoms with Crippen LogP contribution in [0.1, 0.15) is 5.56 Å². The minimum Gasteiger partial charge on any atom is -0.434 e. The van der Waals surface area contributed by atoms with Gasteiger partial charge in [-0.25, -0.2) is 4.98 Å². The van der Waals surface area contributed by atoms with E-state index >= 15 is 0 Å². The van der Waals surface area contributed by atoms with Crippen molar-refractivity contribution in [2.45, 2.75) is 6.54 Å². The summed E-state index contributed by atoms with van der Waals surface area (Å²) in [5.41, 5.74) is 8.79. The molecule has 0 fully saturated rings. The molecule has 0 aliphatic carbocycles. The molecule has 4 heteroatoms. The van der Waals surface area contributed by atoms with Gasteiger partial charge in [0.05, 0.1) is 0 Å². The van der Waals surface area contributed by atoms with E-state index in [9.17, 15) is 0 Å². The van der Waals surface area contributed by atoms with Crippen LogP contribution in [0.25, 0.3) is 22.7 Å². The van der Waals surface area contributed by atoms with Gasteiger partial charge >= 0.3 is 0 Å². The number of nitrogens with two attached hydrogens (primary N) is 1. The topological polar surface area (TPSA) is 64.9 Å². The van der Waals surface area contributed by atoms with E-state index in [1.807, 2.05) is 36.4 Å². The minimum absolute atomic E-state index is 0.419. The van der Waals surface area contributed by atoms with Crippen molar-refractivity contribution in [3.8, 4) is 11.5 Å². The summed E-state index contributed by atoms with van der Waals surface area (Å²) in [6.45, 7) is 0.419. The van der Waals surface area contributed by atoms with Crippen LogP contribution in [-0.2, 0) is 6.54 Å². The van der Waals surface area contributed by atoms with Gasteiger partial charge in [0.25, 0.3) is 0 Å². The van der Waals surface area contributed by atoms with Crippen molar-refractivity contribution in [2.75, 3.05) is 0 Å². The Bertz CT molecular complexity index is 646. The number of aromatic nitrogens is 2. The summed E-state index contributed by atoms with van der Waals surface area (Å²) in [5.74, 6) is 0.578. The van der Waals surface area contributed by atoms with Gasteiger partial charge in [0, 0.05) is 23.9 Å². The largest absolute Gasteiger partial charge is 0.434 e. The Morgan fingerprint density at radius 2 is 1.94 bits per heavy atom. The highest BCUT2D eigenvalue weighted by Gasteiger charge is 2.11. The first-order valence-corrected chi connectivity index (χ1v) is 5.38. The first-order valence-electron chi connectivity index (χ1n) is 5.38. The maximum atomic E-state index is 5.72. The molecule has 0 radical (unpaired) electrons. The molecule has 84 valence electrons. The molecule has 2 aromatic heterocycles. The van der Waals surface area contributed by atoms with Crippen LogP contribution in [0, 0.1) is 0 Å². The smallest absolute Gasteiger partial charge is 0.228 e. The van der Waals surface area contributed by atoms with Gasteiger partial charge in [0.15, 0.2) is 11.2 Å². The van der Waals surface area contributed by atoms with Crippen molar-refractivity contribution in [2.24, 2.45) is 5.73 Å². The molecule has 3 aromatic rings. The van der Waals surface area contributed by atoms with Crippen LogP contribution in [0.2, 0.25) is 0 Å². The van der Waals surface area contributed by atoms with Crippen LogP contribution < -0.4 is 5.73 Å². The second-order valence-corrected chi connectivity index (χ2v) is 3.71. The fraction of sp³-hybridized carbons (Fsp3) is 0.0769. The Labute approximate surface area is 98.1 Å². The molecule has 0 unspecified atom stereocenters. The molecular weight excluding hydrogens is 214 g/mol. The number of nitrogens with zero attached hydrogens (tertiary/aromatic N) is 2. The number of fused-ring (bicyclic) bond motifs is 1. The summed E-state index contributed by atoms with van der Waals surface area (Å²) in [5, 5.41) is 0. The van der Waals surface area contributed by atoms with Crippen molar-refractivity contribution >= 4 is 11.2 Å². The van der Waals surface area contributed by atoms with E-state index < -0.39 is 0 Å². The van der Waals surface area contributed by atoms with Crippen molar-refractivity contribution in [1.29, 1.82) is 0 Å². The number of oxazole rings is 1. The molecule has 3 rings (SSSR count). The SMILES string of the molecule is NCc1ccnc2nc(-c3ccccc3)oc12. The molecule has 0 aliphatic heterocycles. The van der Waals surface area contributed by atoms with E-state index in [-0.39, 0.29) is 0 Å². The number of rotatable bonds is 2. The van der Waals surface area contributed by atoms with Gasteiger partial charge in [-0.3, -0.25) is 0 Å². The van der Waals surface area contributed by atoms with Gasteiger partial charge in [0.1, 0.15) is 0 Å². The van der Waals surface area contributed by atoms with E-state index in [0.29, 0.717) is 23.7 Å². The second kappa shape index (κ2) is 3.99. The third-order valence-electron chi connectivity index (χ3n) is 2.61. The molecular formula is C13H11N3O. The molecule has 2 heterocycles. The number of benzene rings is 1. The van der Waals surface area contributed by atoms with Gasteiger partial charge in [-0.05, 0) is 18.2 Å². The van der Waals surface area contributed by atoms with Crippen LogP contribution in [0.5, 0.6) is 0 Å². The number of pyridine rings is 1. The Morgan fingerprint density at radius 3 is 2.71 bits per heavy atom. The van der Waals surface area contributed by atoms with Crippen molar-refractivity contribution in [3.05, 3.63) is 48.2 Å². The highest BCUT2D eigenvalue weighted by Crippen LogP contribution is 2.24. The first-order chi connectivity index (χ1) is 8.38. The highest BCUT2D eigenvalue weighted by atomic mass is 16.3. The quantitative estimate of drug-likeness (QED) is 0.727. The van der Waals surface area contributed by atoms with Crippen molar-refractivity contribution < 1.29 is 4.42 Å². The lowest BCUT2D eigenvalue weighted by molar-refractivity contribution is 0.615. The van der Waals surface area contributed by atoms with Gasteiger partial charge in [0.2, 0.25) is 5.89 Å². The Morgan fingerprint density at radius 1 is 1.12 bits per heavy atom. The molecule has 17 heavy (non-hydrogen) atoms. The molecule has 0 bridgehead atoms. The maximum absolute atomic E-state index is 5.72. The molecule has 0 aliphatic rings. The average molecular weight is 225 g/mol. The zero-order valence-electron chi connectivity index (χ0n) is 9.13. The molecule has 4 nitrogen and oxygen atoms in total. The molecule has 0 atom stereocenters. The first kappa shape index (κ1) is 9.99. The summed E-state index contributed by atoms with van der Waals surface area (Å²) in [6, 6.07) is 11.6. The Kier molecular flexibility index (Phi) is 2.34. The lowest BCUT2D eigenvalue weighted by Crippen LogP contribution is -1.96. The lowest BCUT2D eigenvalue weighted by atomic mass is 10.2. The van der Waals surface area contributed by atoms with Crippen LogP contribution in [-0.4, -0.2) is 9.97 Å². The zero-order valence-corrected chi connectivity index (χ0v) is 9.13. The van der Waals surface area contributed by atoms with Crippen LogP contribution in [0.4, 0.5) is 0 Å². The van der Waals surface area contributed by atoms with Gasteiger partial charge in [-0.1, -0.05) is 18.2 Å². The molecule has 0 spiro atoms. The van der Waals surface area contributed by atoms with Crippen LogP contribution >= 0.6 is 0 Å². The average Bonchev–Trinajstić information content (AvgIpc) is 2.83. The Balaban J connectivity index is 2.20. The monoisotopic (exact) mass is 225 g/mol. The summed E-state index contributed by atoms with van der Waals surface area (Å²) in [7, 11) is 0. The molecule has 2 N–H and O–H groups in total. The summed E-state index contributed by atoms with van der Waals surface area (Å²) < 4.78 is 5.72. The zero-order chi connectivity index (χ0) is 11.7. The van der Waals surface area contributed by atoms with E-state index in [0.717, 1.165) is 11.1 Å². The molecule has 0 saturated heterocycles. The predicted molar refractivity (Wildman–Crippen MR) is 65.1 cm³/mol. The fourth-order valence-corrected chi connectivity index (χ4v) is 1.75. The third-order valence-corrected chi connectivity index (χ3v) is 2.61. The predicted octanol–water partition coefficient (Wildman–Crippen LogP) is 2.35. The summed E-state index contributed by atoms with van der Waals surface area (Å²) in [4.78, 5) is 8.53. The molecule has 0 amide bonds. The second-order valence-electron chi connectivity index (χ2n) is 3.71. The number of hydrogen-bond donors (Lipinski definition) is 1. The van der Waals surface area contributed by atoms with Gasteiger partial charge < -0.3 is 10.2 Å². The van der Waals surface area contributed by atoms with Crippen LogP contribution in [0.15, 0.2) is 47.0 Å². The number of hydrogen-bond acceptors (Lipinski definition) is 4. The maximum Gasteiger partial charge on any atom is 0.228 e. The minimum atomic E-state index is 0.419. The third kappa shape index (κ3) is 1.68. The van der Waals surface area contributed by atoms with Crippen molar-refractivity contribution in [1.82, 2.24) is 9.97 Å². The van der Waals surface area contributed by atoms with E-state index in [1.165, 1.54) is 0 Å². The van der Waals surface area contributed by atoms with Gasteiger partial charge in [-0.15, -0.1) is 0 Å². The van der Waals surface area contributed by atoms with Crippen molar-refractivity contribution in [3.63, 3.8) is 0 Å². The summed E-state index contributed by atoms with van der Waals surface area (Å²) >= 11 is 0. The van der Waals surface area contributed by atoms with Crippen LogP contribution in [0.3, 0.4) is 0 Å². The van der Waals surface area contributed by atoms with E-state index in [1.54, 1.807) is 6.20 Å². The highest BCUT2D eigenvalue weighted by molar-refractivity contribution is 5.75. The van der Waals surface area contributed by atoms with E-state index in [2.05, 4.69) is 9.97 Å². The van der Waals surface area contributed by atoms with E-state index in [4.69, 9.17) is 10.2 Å². The summed E-state index contributed by atoms with van der Waals surface area (Å²) in [6.07, 6.45) is 1.70. The Hall–Kier alpha value is -2.20. The standard InChI is InChI=1S/C13H11N3O/c14-8-10-6-7-15-12-11(10)17-13(16-12)9-4-2-1-3-5-9/h1-7H,8,14H2. The normalized spacial score (nSPS) is 10.9. The molecule has 1 aromatic carbocycles. The lowest BCUT2D eigenvalue weighted by Gasteiger charge is -1.94. The molecule has 0 saturated carbocycles. The van der Waals surface area contributed by atoms with Gasteiger partial charge in [-0.2, -0.15) is 4.98 Å².